The Labute approximate surface area is 115 Å². The van der Waals surface area contributed by atoms with Gasteiger partial charge in [0.15, 0.2) is 0 Å². The number of carbonyl (C=O) groups excluding carboxylic acids is 1. The van der Waals surface area contributed by atoms with Crippen LogP contribution in [0.2, 0.25) is 0 Å². The molecule has 1 atom stereocenters. The number of rotatable bonds is 3. The normalized spacial score (nSPS) is 12.5. The third-order valence-corrected chi connectivity index (χ3v) is 3.04. The Kier molecular flexibility index (Phi) is 2.98. The molecule has 0 spiro atoms. The van der Waals surface area contributed by atoms with Crippen LogP contribution in [0.5, 0.6) is 0 Å². The van der Waals surface area contributed by atoms with Crippen molar-refractivity contribution >= 4 is 16.9 Å². The van der Waals surface area contributed by atoms with Gasteiger partial charge in [-0.25, -0.2) is 9.97 Å². The third-order valence-electron chi connectivity index (χ3n) is 3.04. The van der Waals surface area contributed by atoms with E-state index in [-0.39, 0.29) is 11.9 Å². The topological polar surface area (TPSA) is 83.8 Å². The number of nitrogens with one attached hydrogen (secondary N) is 2. The van der Waals surface area contributed by atoms with E-state index >= 15 is 0 Å². The first kappa shape index (κ1) is 12.4. The lowest BCUT2D eigenvalue weighted by atomic mass is 10.1. The fourth-order valence-corrected chi connectivity index (χ4v) is 1.99. The lowest BCUT2D eigenvalue weighted by molar-refractivity contribution is 0.0934. The number of aromatic nitrogens is 3. The van der Waals surface area contributed by atoms with Crippen LogP contribution in [-0.2, 0) is 0 Å². The summed E-state index contributed by atoms with van der Waals surface area (Å²) in [6.07, 6.45) is 3.24. The maximum absolute atomic E-state index is 12.2. The molecule has 0 aliphatic rings. The van der Waals surface area contributed by atoms with E-state index in [2.05, 4.69) is 20.3 Å². The quantitative estimate of drug-likeness (QED) is 0.765. The van der Waals surface area contributed by atoms with E-state index < -0.39 is 0 Å². The highest BCUT2D eigenvalue weighted by Crippen LogP contribution is 2.15. The number of aromatic amines is 1. The molecule has 1 amide bonds. The van der Waals surface area contributed by atoms with Crippen molar-refractivity contribution in [3.63, 3.8) is 0 Å². The van der Waals surface area contributed by atoms with Gasteiger partial charge in [-0.05, 0) is 32.0 Å². The molecule has 0 saturated heterocycles. The van der Waals surface area contributed by atoms with Crippen LogP contribution in [0.25, 0.3) is 11.0 Å². The maximum atomic E-state index is 12.2. The number of fused-ring (bicyclic) bond motifs is 1. The van der Waals surface area contributed by atoms with Crippen LogP contribution in [0.1, 0.15) is 35.0 Å². The van der Waals surface area contributed by atoms with E-state index in [0.717, 1.165) is 16.8 Å². The molecule has 0 fully saturated rings. The zero-order valence-electron chi connectivity index (χ0n) is 11.2. The van der Waals surface area contributed by atoms with Crippen LogP contribution in [0.15, 0.2) is 35.1 Å². The molecule has 0 bridgehead atoms. The summed E-state index contributed by atoms with van der Waals surface area (Å²) in [6, 6.07) is 5.03. The van der Waals surface area contributed by atoms with E-state index in [1.165, 1.54) is 0 Å². The number of nitrogens with zero attached hydrogens (tertiary/aromatic N) is 2. The predicted molar refractivity (Wildman–Crippen MR) is 73.2 cm³/mol. The molecule has 102 valence electrons. The largest absolute Gasteiger partial charge is 0.444 e. The molecule has 0 aliphatic carbocycles. The summed E-state index contributed by atoms with van der Waals surface area (Å²) in [7, 11) is 0. The average Bonchev–Trinajstić information content (AvgIpc) is 3.05. The van der Waals surface area contributed by atoms with Gasteiger partial charge in [-0.1, -0.05) is 0 Å². The highest BCUT2D eigenvalue weighted by atomic mass is 16.4. The van der Waals surface area contributed by atoms with Crippen molar-refractivity contribution in [1.82, 2.24) is 20.3 Å². The fraction of sp³-hybridized carbons (Fsp3) is 0.214. The molecule has 2 heterocycles. The minimum Gasteiger partial charge on any atom is -0.444 e. The Morgan fingerprint density at radius 1 is 1.40 bits per heavy atom. The first-order valence-electron chi connectivity index (χ1n) is 6.30. The van der Waals surface area contributed by atoms with Gasteiger partial charge in [0.1, 0.15) is 11.8 Å². The van der Waals surface area contributed by atoms with E-state index in [0.29, 0.717) is 11.5 Å². The van der Waals surface area contributed by atoms with Crippen molar-refractivity contribution in [2.45, 2.75) is 19.9 Å². The van der Waals surface area contributed by atoms with Gasteiger partial charge in [0.25, 0.3) is 5.91 Å². The smallest absolute Gasteiger partial charge is 0.251 e. The Balaban J connectivity index is 1.78. The Bertz CT molecular complexity index is 759. The van der Waals surface area contributed by atoms with Crippen LogP contribution in [0, 0.1) is 6.92 Å². The summed E-state index contributed by atoms with van der Waals surface area (Å²) in [5.41, 5.74) is 2.23. The number of aryl methyl sites for hydroxylation is 1. The van der Waals surface area contributed by atoms with Gasteiger partial charge in [0.05, 0.1) is 23.6 Å². The molecule has 1 aromatic carbocycles. The molecular formula is C14H14N4O2. The zero-order valence-corrected chi connectivity index (χ0v) is 11.2. The summed E-state index contributed by atoms with van der Waals surface area (Å²) in [4.78, 5) is 23.4. The fourth-order valence-electron chi connectivity index (χ4n) is 1.99. The summed E-state index contributed by atoms with van der Waals surface area (Å²) in [5.74, 6) is 1.04. The molecule has 3 rings (SSSR count). The second-order valence-corrected chi connectivity index (χ2v) is 4.64. The average molecular weight is 270 g/mol. The first-order valence-corrected chi connectivity index (χ1v) is 6.30. The lowest BCUT2D eigenvalue weighted by Gasteiger charge is -2.10. The molecule has 0 aliphatic heterocycles. The van der Waals surface area contributed by atoms with Crippen LogP contribution in [0.3, 0.4) is 0 Å². The second kappa shape index (κ2) is 4.80. The highest BCUT2D eigenvalue weighted by Gasteiger charge is 2.15. The summed E-state index contributed by atoms with van der Waals surface area (Å²) < 4.78 is 5.40. The lowest BCUT2D eigenvalue weighted by Crippen LogP contribution is -2.26. The third kappa shape index (κ3) is 2.27. The van der Waals surface area contributed by atoms with Crippen molar-refractivity contribution in [3.05, 3.63) is 47.9 Å². The van der Waals surface area contributed by atoms with Crippen molar-refractivity contribution in [1.29, 1.82) is 0 Å². The monoisotopic (exact) mass is 270 g/mol. The van der Waals surface area contributed by atoms with E-state index in [4.69, 9.17) is 4.42 Å². The zero-order chi connectivity index (χ0) is 14.1. The van der Waals surface area contributed by atoms with Crippen molar-refractivity contribution < 1.29 is 9.21 Å². The van der Waals surface area contributed by atoms with E-state index in [9.17, 15) is 4.79 Å². The van der Waals surface area contributed by atoms with Crippen molar-refractivity contribution in [2.24, 2.45) is 0 Å². The number of imidazole rings is 1. The molecule has 3 aromatic rings. The van der Waals surface area contributed by atoms with Gasteiger partial charge in [0, 0.05) is 5.56 Å². The summed E-state index contributed by atoms with van der Waals surface area (Å²) >= 11 is 0. The molecule has 6 nitrogen and oxygen atoms in total. The van der Waals surface area contributed by atoms with E-state index in [1.807, 2.05) is 13.8 Å². The van der Waals surface area contributed by atoms with Crippen LogP contribution in [0.4, 0.5) is 0 Å². The molecule has 0 radical (unpaired) electrons. The molecule has 2 aromatic heterocycles. The molecule has 0 saturated carbocycles. The molecule has 6 heteroatoms. The van der Waals surface area contributed by atoms with Gasteiger partial charge >= 0.3 is 0 Å². The van der Waals surface area contributed by atoms with Crippen LogP contribution >= 0.6 is 0 Å². The number of benzene rings is 1. The number of oxazole rings is 1. The Morgan fingerprint density at radius 3 is 3.00 bits per heavy atom. The van der Waals surface area contributed by atoms with Crippen molar-refractivity contribution in [3.8, 4) is 0 Å². The van der Waals surface area contributed by atoms with E-state index in [1.54, 1.807) is 30.7 Å². The standard InChI is InChI=1S/C14H14N4O2/c1-8-6-15-14(20-8)9(2)18-13(19)10-3-4-11-12(5-10)17-7-16-11/h3-7,9H,1-2H3,(H,16,17)(H,18,19). The SMILES string of the molecule is Cc1cnc(C(C)NC(=O)c2ccc3nc[nH]c3c2)o1. The second-order valence-electron chi connectivity index (χ2n) is 4.64. The summed E-state index contributed by atoms with van der Waals surface area (Å²) in [6.45, 7) is 3.65. The van der Waals surface area contributed by atoms with Crippen molar-refractivity contribution in [2.75, 3.05) is 0 Å². The first-order chi connectivity index (χ1) is 9.63. The Hall–Kier alpha value is -2.63. The summed E-state index contributed by atoms with van der Waals surface area (Å²) in [5, 5.41) is 2.85. The van der Waals surface area contributed by atoms with Gasteiger partial charge < -0.3 is 14.7 Å². The van der Waals surface area contributed by atoms with Gasteiger partial charge in [-0.2, -0.15) is 0 Å². The number of H-pyrrole nitrogens is 1. The number of hydrogen-bond acceptors (Lipinski definition) is 4. The molecule has 1 unspecified atom stereocenters. The highest BCUT2D eigenvalue weighted by molar-refractivity contribution is 5.97. The van der Waals surface area contributed by atoms with Gasteiger partial charge in [-0.15, -0.1) is 0 Å². The number of amides is 1. The predicted octanol–water partition coefficient (Wildman–Crippen LogP) is 2.35. The Morgan fingerprint density at radius 2 is 2.25 bits per heavy atom. The molecule has 2 N–H and O–H groups in total. The van der Waals surface area contributed by atoms with Gasteiger partial charge in [-0.3, -0.25) is 4.79 Å². The maximum Gasteiger partial charge on any atom is 0.251 e. The van der Waals surface area contributed by atoms with Crippen LogP contribution < -0.4 is 5.32 Å². The number of carbonyl (C=O) groups is 1. The number of hydrogen-bond donors (Lipinski definition) is 2. The van der Waals surface area contributed by atoms with Gasteiger partial charge in [0.2, 0.25) is 5.89 Å². The molecular weight excluding hydrogens is 256 g/mol. The molecule has 20 heavy (non-hydrogen) atoms. The minimum atomic E-state index is -0.284. The van der Waals surface area contributed by atoms with Crippen LogP contribution in [-0.4, -0.2) is 20.9 Å². The minimum absolute atomic E-state index is 0.176.